The summed E-state index contributed by atoms with van der Waals surface area (Å²) in [6, 6.07) is 0. The largest absolute Gasteiger partial charge is 0.476 e. The molecule has 0 aliphatic heterocycles. The Morgan fingerprint density at radius 3 is 2.57 bits per heavy atom. The second-order valence-electron chi connectivity index (χ2n) is 6.29. The van der Waals surface area contributed by atoms with Crippen LogP contribution in [0.2, 0.25) is 0 Å². The molecule has 0 bridgehead atoms. The van der Waals surface area contributed by atoms with Gasteiger partial charge < -0.3 is 15.2 Å². The van der Waals surface area contributed by atoms with Crippen LogP contribution in [0.15, 0.2) is 6.20 Å². The molecule has 8 nitrogen and oxygen atoms in total. The Balaban J connectivity index is 2.01. The molecule has 0 radical (unpaired) electrons. The van der Waals surface area contributed by atoms with E-state index in [0.29, 0.717) is 6.54 Å². The van der Waals surface area contributed by atoms with E-state index in [1.165, 1.54) is 10.9 Å². The summed E-state index contributed by atoms with van der Waals surface area (Å²) in [5.74, 6) is -1.11. The van der Waals surface area contributed by atoms with Crippen molar-refractivity contribution in [1.82, 2.24) is 20.3 Å². The van der Waals surface area contributed by atoms with Gasteiger partial charge in [0.2, 0.25) is 0 Å². The molecular formula is C13H20N4O4. The average molecular weight is 296 g/mol. The second-order valence-corrected chi connectivity index (χ2v) is 6.29. The molecule has 1 saturated carbocycles. The smallest absolute Gasteiger partial charge is 0.407 e. The number of carbonyl (C=O) groups is 2. The van der Waals surface area contributed by atoms with Crippen LogP contribution in [0, 0.1) is 0 Å². The fraction of sp³-hybridized carbons (Fsp3) is 0.692. The summed E-state index contributed by atoms with van der Waals surface area (Å²) < 4.78 is 6.73. The zero-order chi connectivity index (χ0) is 15.7. The number of amides is 1. The Bertz CT molecular complexity index is 543. The van der Waals surface area contributed by atoms with Crippen molar-refractivity contribution in [2.45, 2.75) is 51.2 Å². The van der Waals surface area contributed by atoms with E-state index < -0.39 is 23.2 Å². The lowest BCUT2D eigenvalue weighted by molar-refractivity contribution is 0.0447. The Hall–Kier alpha value is -2.12. The van der Waals surface area contributed by atoms with Gasteiger partial charge in [-0.15, -0.1) is 5.10 Å². The minimum atomic E-state index is -1.11. The van der Waals surface area contributed by atoms with Crippen molar-refractivity contribution >= 4 is 12.1 Å². The van der Waals surface area contributed by atoms with Gasteiger partial charge in [0.1, 0.15) is 5.60 Å². The molecule has 0 atom stereocenters. The second kappa shape index (κ2) is 5.34. The van der Waals surface area contributed by atoms with Gasteiger partial charge in [-0.05, 0) is 40.0 Å². The van der Waals surface area contributed by atoms with E-state index in [9.17, 15) is 9.59 Å². The minimum Gasteiger partial charge on any atom is -0.476 e. The third kappa shape index (κ3) is 3.50. The maximum Gasteiger partial charge on any atom is 0.407 e. The monoisotopic (exact) mass is 296 g/mol. The van der Waals surface area contributed by atoms with Crippen molar-refractivity contribution in [2.75, 3.05) is 6.54 Å². The highest BCUT2D eigenvalue weighted by molar-refractivity contribution is 5.84. The molecule has 1 amide bonds. The van der Waals surface area contributed by atoms with Gasteiger partial charge in [-0.1, -0.05) is 5.21 Å². The number of ether oxygens (including phenoxy) is 1. The zero-order valence-electron chi connectivity index (χ0n) is 12.4. The summed E-state index contributed by atoms with van der Waals surface area (Å²) >= 11 is 0. The molecule has 0 saturated heterocycles. The first-order valence-corrected chi connectivity index (χ1v) is 6.85. The van der Waals surface area contributed by atoms with Crippen molar-refractivity contribution in [3.8, 4) is 0 Å². The molecule has 1 aliphatic rings. The van der Waals surface area contributed by atoms with Gasteiger partial charge in [-0.2, -0.15) is 0 Å². The van der Waals surface area contributed by atoms with Crippen LogP contribution in [0.4, 0.5) is 4.79 Å². The standard InChI is InChI=1S/C13H20N4O4/c1-12(2,3)21-11(20)14-8-13(5-4-6-13)17-7-9(10(18)19)15-16-17/h7H,4-6,8H2,1-3H3,(H,14,20)(H,18,19). The summed E-state index contributed by atoms with van der Waals surface area (Å²) in [6.07, 6.45) is 3.53. The summed E-state index contributed by atoms with van der Waals surface area (Å²) in [4.78, 5) is 22.6. The molecular weight excluding hydrogens is 276 g/mol. The first kappa shape index (κ1) is 15.3. The van der Waals surface area contributed by atoms with E-state index in [2.05, 4.69) is 15.6 Å². The maximum atomic E-state index is 11.7. The highest BCUT2D eigenvalue weighted by Crippen LogP contribution is 2.38. The Kier molecular flexibility index (Phi) is 3.89. The van der Waals surface area contributed by atoms with E-state index in [0.717, 1.165) is 19.3 Å². The molecule has 1 fully saturated rings. The van der Waals surface area contributed by atoms with Gasteiger partial charge in [-0.3, -0.25) is 0 Å². The van der Waals surface area contributed by atoms with Crippen molar-refractivity contribution < 1.29 is 19.4 Å². The first-order chi connectivity index (χ1) is 9.72. The molecule has 0 spiro atoms. The minimum absolute atomic E-state index is 0.0986. The summed E-state index contributed by atoms with van der Waals surface area (Å²) in [6.45, 7) is 5.72. The van der Waals surface area contributed by atoms with Crippen molar-refractivity contribution in [3.05, 3.63) is 11.9 Å². The number of nitrogens with zero attached hydrogens (tertiary/aromatic N) is 3. The Morgan fingerprint density at radius 1 is 1.48 bits per heavy atom. The van der Waals surface area contributed by atoms with E-state index in [4.69, 9.17) is 9.84 Å². The first-order valence-electron chi connectivity index (χ1n) is 6.85. The van der Waals surface area contributed by atoms with E-state index in [1.54, 1.807) is 20.8 Å². The third-order valence-electron chi connectivity index (χ3n) is 3.44. The van der Waals surface area contributed by atoms with Gasteiger partial charge in [0, 0.05) is 6.54 Å². The third-order valence-corrected chi connectivity index (χ3v) is 3.44. The fourth-order valence-corrected chi connectivity index (χ4v) is 2.22. The number of alkyl carbamates (subject to hydrolysis) is 1. The number of aromatic carboxylic acids is 1. The molecule has 2 rings (SSSR count). The van der Waals surface area contributed by atoms with E-state index >= 15 is 0 Å². The lowest BCUT2D eigenvalue weighted by Gasteiger charge is -2.41. The van der Waals surface area contributed by atoms with E-state index in [-0.39, 0.29) is 5.69 Å². The molecule has 0 unspecified atom stereocenters. The molecule has 1 aliphatic carbocycles. The predicted molar refractivity (Wildman–Crippen MR) is 73.0 cm³/mol. The van der Waals surface area contributed by atoms with Crippen LogP contribution < -0.4 is 5.32 Å². The predicted octanol–water partition coefficient (Wildman–Crippen LogP) is 1.38. The topological polar surface area (TPSA) is 106 Å². The van der Waals surface area contributed by atoms with Gasteiger partial charge in [0.25, 0.3) is 0 Å². The molecule has 116 valence electrons. The number of carboxylic acid groups (broad SMARTS) is 1. The van der Waals surface area contributed by atoms with Crippen LogP contribution in [0.1, 0.15) is 50.5 Å². The molecule has 21 heavy (non-hydrogen) atoms. The van der Waals surface area contributed by atoms with Gasteiger partial charge in [-0.25, -0.2) is 14.3 Å². The highest BCUT2D eigenvalue weighted by atomic mass is 16.6. The zero-order valence-corrected chi connectivity index (χ0v) is 12.4. The Morgan fingerprint density at radius 2 is 2.14 bits per heavy atom. The molecule has 0 aromatic carbocycles. The van der Waals surface area contributed by atoms with Gasteiger partial charge in [0.05, 0.1) is 11.7 Å². The van der Waals surface area contributed by atoms with Crippen LogP contribution in [0.25, 0.3) is 0 Å². The van der Waals surface area contributed by atoms with Crippen molar-refractivity contribution in [2.24, 2.45) is 0 Å². The van der Waals surface area contributed by atoms with Crippen LogP contribution >= 0.6 is 0 Å². The normalized spacial score (nSPS) is 16.9. The Labute approximate surface area is 122 Å². The molecule has 8 heteroatoms. The SMILES string of the molecule is CC(C)(C)OC(=O)NCC1(n2cc(C(=O)O)nn2)CCC1. The van der Waals surface area contributed by atoms with Crippen LogP contribution in [-0.4, -0.2) is 44.3 Å². The fourth-order valence-electron chi connectivity index (χ4n) is 2.22. The van der Waals surface area contributed by atoms with Crippen molar-refractivity contribution in [1.29, 1.82) is 0 Å². The number of carboxylic acids is 1. The van der Waals surface area contributed by atoms with E-state index in [1.807, 2.05) is 0 Å². The number of rotatable bonds is 4. The average Bonchev–Trinajstić information content (AvgIpc) is 2.75. The number of aromatic nitrogens is 3. The van der Waals surface area contributed by atoms with Gasteiger partial charge in [0.15, 0.2) is 5.69 Å². The number of hydrogen-bond donors (Lipinski definition) is 2. The summed E-state index contributed by atoms with van der Waals surface area (Å²) in [7, 11) is 0. The number of hydrogen-bond acceptors (Lipinski definition) is 5. The van der Waals surface area contributed by atoms with Crippen LogP contribution in [0.5, 0.6) is 0 Å². The maximum absolute atomic E-state index is 11.7. The molecule has 1 aromatic heterocycles. The molecule has 1 aromatic rings. The molecule has 1 heterocycles. The van der Waals surface area contributed by atoms with Gasteiger partial charge >= 0.3 is 12.1 Å². The summed E-state index contributed by atoms with van der Waals surface area (Å²) in [5.41, 5.74) is -1.06. The van der Waals surface area contributed by atoms with Crippen LogP contribution in [-0.2, 0) is 10.3 Å². The number of nitrogens with one attached hydrogen (secondary N) is 1. The van der Waals surface area contributed by atoms with Crippen molar-refractivity contribution in [3.63, 3.8) is 0 Å². The number of carbonyl (C=O) groups excluding carboxylic acids is 1. The molecule has 2 N–H and O–H groups in total. The summed E-state index contributed by atoms with van der Waals surface area (Å²) in [5, 5.41) is 19.1. The highest BCUT2D eigenvalue weighted by Gasteiger charge is 2.41. The quantitative estimate of drug-likeness (QED) is 0.869. The van der Waals surface area contributed by atoms with Crippen LogP contribution in [0.3, 0.4) is 0 Å². The lowest BCUT2D eigenvalue weighted by Crippen LogP contribution is -2.51. The lowest BCUT2D eigenvalue weighted by atomic mass is 9.77.